The SMILES string of the molecule is COc1cc(C(N)=O)c2nccc(C(C)C)c2c1. The molecule has 1 aromatic heterocycles. The average Bonchev–Trinajstić information content (AvgIpc) is 2.36. The number of fused-ring (bicyclic) bond motifs is 1. The summed E-state index contributed by atoms with van der Waals surface area (Å²) in [4.78, 5) is 15.8. The van der Waals surface area contributed by atoms with Crippen molar-refractivity contribution in [2.75, 3.05) is 7.11 Å². The Balaban J connectivity index is 2.86. The van der Waals surface area contributed by atoms with Crippen LogP contribution in [0.25, 0.3) is 10.9 Å². The topological polar surface area (TPSA) is 65.2 Å². The predicted molar refractivity (Wildman–Crippen MR) is 70.9 cm³/mol. The lowest BCUT2D eigenvalue weighted by Crippen LogP contribution is -2.12. The number of amides is 1. The van der Waals surface area contributed by atoms with Gasteiger partial charge in [-0.3, -0.25) is 9.78 Å². The summed E-state index contributed by atoms with van der Waals surface area (Å²) in [6.07, 6.45) is 1.70. The molecule has 4 heteroatoms. The smallest absolute Gasteiger partial charge is 0.251 e. The highest BCUT2D eigenvalue weighted by molar-refractivity contribution is 6.06. The van der Waals surface area contributed by atoms with Crippen molar-refractivity contribution in [3.05, 3.63) is 35.5 Å². The first-order chi connectivity index (χ1) is 8.54. The number of primary amides is 1. The van der Waals surface area contributed by atoms with Gasteiger partial charge in [-0.1, -0.05) is 13.8 Å². The van der Waals surface area contributed by atoms with Gasteiger partial charge in [0.05, 0.1) is 18.2 Å². The van der Waals surface area contributed by atoms with Gasteiger partial charge in [-0.25, -0.2) is 0 Å². The van der Waals surface area contributed by atoms with Crippen LogP contribution >= 0.6 is 0 Å². The molecule has 0 aliphatic carbocycles. The average molecular weight is 244 g/mol. The third-order valence-corrected chi connectivity index (χ3v) is 2.98. The number of aromatic nitrogens is 1. The van der Waals surface area contributed by atoms with Crippen molar-refractivity contribution in [3.63, 3.8) is 0 Å². The van der Waals surface area contributed by atoms with Crippen molar-refractivity contribution in [2.45, 2.75) is 19.8 Å². The van der Waals surface area contributed by atoms with Crippen LogP contribution in [0.2, 0.25) is 0 Å². The summed E-state index contributed by atoms with van der Waals surface area (Å²) in [6.45, 7) is 4.19. The number of hydrogen-bond acceptors (Lipinski definition) is 3. The molecule has 1 heterocycles. The fourth-order valence-electron chi connectivity index (χ4n) is 2.06. The Labute approximate surface area is 106 Å². The molecule has 0 saturated heterocycles. The van der Waals surface area contributed by atoms with Gasteiger partial charge in [0, 0.05) is 11.6 Å². The van der Waals surface area contributed by atoms with Crippen LogP contribution < -0.4 is 10.5 Å². The summed E-state index contributed by atoms with van der Waals surface area (Å²) in [5, 5.41) is 0.917. The van der Waals surface area contributed by atoms with Gasteiger partial charge in [0.2, 0.25) is 0 Å². The summed E-state index contributed by atoms with van der Waals surface area (Å²) in [7, 11) is 1.57. The molecule has 1 aromatic carbocycles. The summed E-state index contributed by atoms with van der Waals surface area (Å²) in [6, 6.07) is 5.48. The van der Waals surface area contributed by atoms with Crippen molar-refractivity contribution in [3.8, 4) is 5.75 Å². The first kappa shape index (κ1) is 12.4. The van der Waals surface area contributed by atoms with Crippen LogP contribution in [0.15, 0.2) is 24.4 Å². The number of rotatable bonds is 3. The van der Waals surface area contributed by atoms with Crippen molar-refractivity contribution in [1.29, 1.82) is 0 Å². The number of carbonyl (C=O) groups excluding carboxylic acids is 1. The van der Waals surface area contributed by atoms with E-state index in [1.807, 2.05) is 12.1 Å². The van der Waals surface area contributed by atoms with E-state index in [-0.39, 0.29) is 0 Å². The van der Waals surface area contributed by atoms with E-state index in [9.17, 15) is 4.79 Å². The molecule has 0 bridgehead atoms. The van der Waals surface area contributed by atoms with E-state index >= 15 is 0 Å². The third-order valence-electron chi connectivity index (χ3n) is 2.98. The second kappa shape index (κ2) is 4.64. The highest BCUT2D eigenvalue weighted by atomic mass is 16.5. The van der Waals surface area contributed by atoms with E-state index in [0.717, 1.165) is 10.9 Å². The van der Waals surface area contributed by atoms with Crippen LogP contribution in [0, 0.1) is 0 Å². The zero-order chi connectivity index (χ0) is 13.3. The molecular formula is C14H16N2O2. The molecule has 0 spiro atoms. The minimum absolute atomic E-state index is 0.336. The fraction of sp³-hybridized carbons (Fsp3) is 0.286. The molecule has 0 saturated carbocycles. The number of methoxy groups -OCH3 is 1. The largest absolute Gasteiger partial charge is 0.497 e. The minimum Gasteiger partial charge on any atom is -0.497 e. The number of nitrogens with two attached hydrogens (primary N) is 1. The van der Waals surface area contributed by atoms with E-state index < -0.39 is 5.91 Å². The number of pyridine rings is 1. The Morgan fingerprint density at radius 2 is 2.11 bits per heavy atom. The van der Waals surface area contributed by atoms with Crippen LogP contribution in [0.4, 0.5) is 0 Å². The Kier molecular flexibility index (Phi) is 3.19. The molecule has 0 radical (unpaired) electrons. The van der Waals surface area contributed by atoms with E-state index in [4.69, 9.17) is 10.5 Å². The van der Waals surface area contributed by atoms with Crippen LogP contribution in [0.3, 0.4) is 0 Å². The van der Waals surface area contributed by atoms with Gasteiger partial charge in [-0.05, 0) is 29.7 Å². The summed E-state index contributed by atoms with van der Waals surface area (Å²) in [5.41, 5.74) is 7.55. The van der Waals surface area contributed by atoms with E-state index in [2.05, 4.69) is 18.8 Å². The molecule has 0 aliphatic rings. The standard InChI is InChI=1S/C14H16N2O2/c1-8(2)10-4-5-16-13-11(10)6-9(18-3)7-12(13)14(15)17/h4-8H,1-3H3,(H2,15,17). The van der Waals surface area contributed by atoms with Gasteiger partial charge in [0.15, 0.2) is 0 Å². The molecule has 94 valence electrons. The number of nitrogens with zero attached hydrogens (tertiary/aromatic N) is 1. The van der Waals surface area contributed by atoms with E-state index in [1.54, 1.807) is 19.4 Å². The lowest BCUT2D eigenvalue weighted by Gasteiger charge is -2.12. The Morgan fingerprint density at radius 3 is 2.67 bits per heavy atom. The second-order valence-electron chi connectivity index (χ2n) is 4.49. The maximum Gasteiger partial charge on any atom is 0.251 e. The van der Waals surface area contributed by atoms with Crippen molar-refractivity contribution in [1.82, 2.24) is 4.98 Å². The van der Waals surface area contributed by atoms with Gasteiger partial charge >= 0.3 is 0 Å². The van der Waals surface area contributed by atoms with Crippen molar-refractivity contribution in [2.24, 2.45) is 5.73 Å². The summed E-state index contributed by atoms with van der Waals surface area (Å²) >= 11 is 0. The van der Waals surface area contributed by atoms with Crippen LogP contribution in [0.5, 0.6) is 5.75 Å². The Bertz CT molecular complexity index is 606. The lowest BCUT2D eigenvalue weighted by molar-refractivity contribution is 0.100. The molecule has 2 rings (SSSR count). The first-order valence-corrected chi connectivity index (χ1v) is 5.81. The van der Waals surface area contributed by atoms with Gasteiger partial charge in [-0.15, -0.1) is 0 Å². The Morgan fingerprint density at radius 1 is 1.39 bits per heavy atom. The number of carbonyl (C=O) groups is 1. The fourth-order valence-corrected chi connectivity index (χ4v) is 2.06. The maximum absolute atomic E-state index is 11.5. The predicted octanol–water partition coefficient (Wildman–Crippen LogP) is 2.47. The monoisotopic (exact) mass is 244 g/mol. The third kappa shape index (κ3) is 2.01. The minimum atomic E-state index is -0.493. The van der Waals surface area contributed by atoms with Crippen molar-refractivity contribution >= 4 is 16.8 Å². The number of benzene rings is 1. The number of ether oxygens (including phenoxy) is 1. The molecule has 0 atom stereocenters. The second-order valence-corrected chi connectivity index (χ2v) is 4.49. The number of hydrogen-bond donors (Lipinski definition) is 1. The summed E-state index contributed by atoms with van der Waals surface area (Å²) < 4.78 is 5.21. The Hall–Kier alpha value is -2.10. The van der Waals surface area contributed by atoms with Crippen LogP contribution in [-0.4, -0.2) is 18.0 Å². The normalized spacial score (nSPS) is 10.9. The van der Waals surface area contributed by atoms with E-state index in [0.29, 0.717) is 22.7 Å². The quantitative estimate of drug-likeness (QED) is 0.902. The summed E-state index contributed by atoms with van der Waals surface area (Å²) in [5.74, 6) is 0.460. The molecular weight excluding hydrogens is 228 g/mol. The zero-order valence-electron chi connectivity index (χ0n) is 10.7. The van der Waals surface area contributed by atoms with Gasteiger partial charge < -0.3 is 10.5 Å². The van der Waals surface area contributed by atoms with Gasteiger partial charge in [0.25, 0.3) is 5.91 Å². The molecule has 18 heavy (non-hydrogen) atoms. The molecule has 4 nitrogen and oxygen atoms in total. The van der Waals surface area contributed by atoms with Crippen molar-refractivity contribution < 1.29 is 9.53 Å². The molecule has 2 N–H and O–H groups in total. The van der Waals surface area contributed by atoms with Gasteiger partial charge in [0.1, 0.15) is 5.75 Å². The zero-order valence-corrected chi connectivity index (χ0v) is 10.7. The van der Waals surface area contributed by atoms with E-state index in [1.165, 1.54) is 0 Å². The highest BCUT2D eigenvalue weighted by Gasteiger charge is 2.14. The maximum atomic E-state index is 11.5. The first-order valence-electron chi connectivity index (χ1n) is 5.81. The highest BCUT2D eigenvalue weighted by Crippen LogP contribution is 2.29. The molecule has 0 unspecified atom stereocenters. The van der Waals surface area contributed by atoms with Crippen LogP contribution in [-0.2, 0) is 0 Å². The van der Waals surface area contributed by atoms with Gasteiger partial charge in [-0.2, -0.15) is 0 Å². The lowest BCUT2D eigenvalue weighted by atomic mass is 9.97. The molecule has 0 fully saturated rings. The molecule has 2 aromatic rings. The van der Waals surface area contributed by atoms with Crippen LogP contribution in [0.1, 0.15) is 35.7 Å². The molecule has 0 aliphatic heterocycles. The molecule has 1 amide bonds.